The average molecular weight is 318 g/mol. The SMILES string of the molecule is CN(CCCC(=O)O)[C@@H]1c2cc(Cl)cc(Cl)c2C[C@@H]1O. The maximum atomic E-state index is 10.6. The van der Waals surface area contributed by atoms with Gasteiger partial charge in [0, 0.05) is 22.9 Å². The smallest absolute Gasteiger partial charge is 0.303 e. The highest BCUT2D eigenvalue weighted by molar-refractivity contribution is 6.35. The lowest BCUT2D eigenvalue weighted by molar-refractivity contribution is -0.137. The lowest BCUT2D eigenvalue weighted by atomic mass is 10.1. The summed E-state index contributed by atoms with van der Waals surface area (Å²) in [5, 5.41) is 20.0. The number of aliphatic hydroxyl groups is 1. The van der Waals surface area contributed by atoms with Crippen LogP contribution in [0.25, 0.3) is 0 Å². The van der Waals surface area contributed by atoms with Gasteiger partial charge in [-0.2, -0.15) is 0 Å². The summed E-state index contributed by atoms with van der Waals surface area (Å²) in [7, 11) is 1.87. The molecule has 2 rings (SSSR count). The van der Waals surface area contributed by atoms with Gasteiger partial charge in [0.05, 0.1) is 12.1 Å². The molecule has 1 aliphatic rings. The van der Waals surface area contributed by atoms with E-state index in [1.54, 1.807) is 6.07 Å². The van der Waals surface area contributed by atoms with Crippen molar-refractivity contribution >= 4 is 29.2 Å². The van der Waals surface area contributed by atoms with Crippen molar-refractivity contribution in [3.05, 3.63) is 33.3 Å². The zero-order chi connectivity index (χ0) is 14.9. The Morgan fingerprint density at radius 3 is 2.80 bits per heavy atom. The van der Waals surface area contributed by atoms with Gasteiger partial charge in [0.1, 0.15) is 0 Å². The molecule has 0 saturated heterocycles. The first-order valence-corrected chi connectivity index (χ1v) is 7.23. The van der Waals surface area contributed by atoms with Gasteiger partial charge in [-0.05, 0) is 43.3 Å². The Morgan fingerprint density at radius 2 is 2.15 bits per heavy atom. The summed E-state index contributed by atoms with van der Waals surface area (Å²) >= 11 is 12.2. The van der Waals surface area contributed by atoms with Gasteiger partial charge in [-0.25, -0.2) is 0 Å². The van der Waals surface area contributed by atoms with Crippen LogP contribution in [0.4, 0.5) is 0 Å². The topological polar surface area (TPSA) is 60.8 Å². The van der Waals surface area contributed by atoms with Gasteiger partial charge in [-0.3, -0.25) is 9.69 Å². The minimum atomic E-state index is -0.808. The Bertz CT molecular complexity index is 521. The molecule has 110 valence electrons. The molecule has 0 aromatic heterocycles. The number of rotatable bonds is 5. The molecular weight excluding hydrogens is 301 g/mol. The van der Waals surface area contributed by atoms with Crippen LogP contribution < -0.4 is 0 Å². The average Bonchev–Trinajstić information content (AvgIpc) is 2.65. The molecule has 4 nitrogen and oxygen atoms in total. The van der Waals surface area contributed by atoms with Crippen molar-refractivity contribution in [1.29, 1.82) is 0 Å². The highest BCUT2D eigenvalue weighted by Crippen LogP contribution is 2.40. The maximum Gasteiger partial charge on any atom is 0.303 e. The molecular formula is C14H17Cl2NO3. The summed E-state index contributed by atoms with van der Waals surface area (Å²) in [6.45, 7) is 0.595. The summed E-state index contributed by atoms with van der Waals surface area (Å²) in [5.41, 5.74) is 1.87. The number of carboxylic acids is 1. The number of halogens is 2. The summed E-state index contributed by atoms with van der Waals surface area (Å²) < 4.78 is 0. The Balaban J connectivity index is 2.15. The second-order valence-corrected chi connectivity index (χ2v) is 5.99. The number of hydrogen-bond donors (Lipinski definition) is 2. The van der Waals surface area contributed by atoms with Gasteiger partial charge in [0.15, 0.2) is 0 Å². The summed E-state index contributed by atoms with van der Waals surface area (Å²) in [5.74, 6) is -0.808. The molecule has 6 heteroatoms. The molecule has 2 atom stereocenters. The number of hydrogen-bond acceptors (Lipinski definition) is 3. The van der Waals surface area contributed by atoms with Crippen molar-refractivity contribution in [3.63, 3.8) is 0 Å². The predicted octanol–water partition coefficient (Wildman–Crippen LogP) is 2.75. The van der Waals surface area contributed by atoms with Crippen molar-refractivity contribution < 1.29 is 15.0 Å². The van der Waals surface area contributed by atoms with Gasteiger partial charge < -0.3 is 10.2 Å². The fourth-order valence-corrected chi connectivity index (χ4v) is 3.37. The zero-order valence-electron chi connectivity index (χ0n) is 11.1. The first-order valence-electron chi connectivity index (χ1n) is 6.48. The number of benzene rings is 1. The maximum absolute atomic E-state index is 10.6. The van der Waals surface area contributed by atoms with E-state index in [0.29, 0.717) is 29.4 Å². The van der Waals surface area contributed by atoms with E-state index in [9.17, 15) is 9.90 Å². The molecule has 0 aliphatic heterocycles. The van der Waals surface area contributed by atoms with Crippen LogP contribution in [-0.4, -0.2) is 40.8 Å². The van der Waals surface area contributed by atoms with Gasteiger partial charge in [0.25, 0.3) is 0 Å². The summed E-state index contributed by atoms with van der Waals surface area (Å²) in [6.07, 6.45) is 0.615. The van der Waals surface area contributed by atoms with Crippen molar-refractivity contribution in [1.82, 2.24) is 4.90 Å². The van der Waals surface area contributed by atoms with Crippen molar-refractivity contribution in [2.24, 2.45) is 0 Å². The monoisotopic (exact) mass is 317 g/mol. The molecule has 0 amide bonds. The molecule has 0 bridgehead atoms. The molecule has 1 aromatic rings. The number of aliphatic carboxylic acids is 1. The zero-order valence-corrected chi connectivity index (χ0v) is 12.7. The van der Waals surface area contributed by atoms with Crippen LogP contribution in [0.2, 0.25) is 10.0 Å². The van der Waals surface area contributed by atoms with Crippen molar-refractivity contribution in [2.45, 2.75) is 31.4 Å². The normalized spacial score (nSPS) is 21.2. The lowest BCUT2D eigenvalue weighted by Crippen LogP contribution is -2.32. The Labute approximate surface area is 127 Å². The molecule has 1 aliphatic carbocycles. The Morgan fingerprint density at radius 1 is 1.45 bits per heavy atom. The van der Waals surface area contributed by atoms with Crippen LogP contribution in [0.3, 0.4) is 0 Å². The largest absolute Gasteiger partial charge is 0.481 e. The third kappa shape index (κ3) is 3.26. The molecule has 0 heterocycles. The third-order valence-corrected chi connectivity index (χ3v) is 4.22. The quantitative estimate of drug-likeness (QED) is 0.876. The highest BCUT2D eigenvalue weighted by atomic mass is 35.5. The molecule has 0 radical (unpaired) electrons. The van der Waals surface area contributed by atoms with E-state index in [-0.39, 0.29) is 12.5 Å². The lowest BCUT2D eigenvalue weighted by Gasteiger charge is -2.27. The number of likely N-dealkylation sites (N-methyl/N-ethyl adjacent to an activating group) is 1. The first kappa shape index (κ1) is 15.6. The molecule has 20 heavy (non-hydrogen) atoms. The Hall–Kier alpha value is -0.810. The van der Waals surface area contributed by atoms with Gasteiger partial charge >= 0.3 is 5.97 Å². The minimum absolute atomic E-state index is 0.121. The van der Waals surface area contributed by atoms with E-state index < -0.39 is 12.1 Å². The standard InChI is InChI=1S/C14H17Cl2NO3/c1-17(4-2-3-13(19)20)14-10-5-8(15)6-11(16)9(10)7-12(14)18/h5-6,12,14,18H,2-4,7H2,1H3,(H,19,20)/t12-,14+/m0/s1. The highest BCUT2D eigenvalue weighted by Gasteiger charge is 2.35. The van der Waals surface area contributed by atoms with E-state index in [2.05, 4.69) is 0 Å². The summed E-state index contributed by atoms with van der Waals surface area (Å²) in [6, 6.07) is 3.33. The van der Waals surface area contributed by atoms with Crippen LogP contribution in [-0.2, 0) is 11.2 Å². The van der Waals surface area contributed by atoms with E-state index in [0.717, 1.165) is 11.1 Å². The first-order chi connectivity index (χ1) is 9.40. The molecule has 0 fully saturated rings. The van der Waals surface area contributed by atoms with Gasteiger partial charge in [0.2, 0.25) is 0 Å². The molecule has 2 N–H and O–H groups in total. The fraction of sp³-hybridized carbons (Fsp3) is 0.500. The van der Waals surface area contributed by atoms with Gasteiger partial charge in [-0.15, -0.1) is 0 Å². The minimum Gasteiger partial charge on any atom is -0.481 e. The van der Waals surface area contributed by atoms with Crippen molar-refractivity contribution in [3.8, 4) is 0 Å². The van der Waals surface area contributed by atoms with Crippen LogP contribution >= 0.6 is 23.2 Å². The van der Waals surface area contributed by atoms with Crippen LogP contribution in [0.1, 0.15) is 30.0 Å². The number of aliphatic hydroxyl groups excluding tert-OH is 1. The molecule has 0 unspecified atom stereocenters. The van der Waals surface area contributed by atoms with Crippen molar-refractivity contribution in [2.75, 3.05) is 13.6 Å². The Kier molecular flexibility index (Phi) is 4.91. The van der Waals surface area contributed by atoms with E-state index in [4.69, 9.17) is 28.3 Å². The number of fused-ring (bicyclic) bond motifs is 1. The second kappa shape index (κ2) is 6.31. The molecule has 0 saturated carbocycles. The molecule has 0 spiro atoms. The number of nitrogens with zero attached hydrogens (tertiary/aromatic N) is 1. The molecule has 1 aromatic carbocycles. The number of carbonyl (C=O) groups is 1. The van der Waals surface area contributed by atoms with Gasteiger partial charge in [-0.1, -0.05) is 23.2 Å². The van der Waals surface area contributed by atoms with Crippen LogP contribution in [0, 0.1) is 0 Å². The predicted molar refractivity (Wildman–Crippen MR) is 78.4 cm³/mol. The fourth-order valence-electron chi connectivity index (χ4n) is 2.78. The summed E-state index contributed by atoms with van der Waals surface area (Å²) in [4.78, 5) is 12.5. The third-order valence-electron chi connectivity index (χ3n) is 3.67. The van der Waals surface area contributed by atoms with E-state index in [1.807, 2.05) is 18.0 Å². The number of carboxylic acid groups (broad SMARTS) is 1. The van der Waals surface area contributed by atoms with E-state index >= 15 is 0 Å². The second-order valence-electron chi connectivity index (χ2n) is 5.15. The van der Waals surface area contributed by atoms with E-state index in [1.165, 1.54) is 0 Å². The van der Waals surface area contributed by atoms with Crippen LogP contribution in [0.5, 0.6) is 0 Å². The van der Waals surface area contributed by atoms with Crippen LogP contribution in [0.15, 0.2) is 12.1 Å².